The van der Waals surface area contributed by atoms with E-state index >= 15 is 0 Å². The van der Waals surface area contributed by atoms with Crippen LogP contribution in [-0.4, -0.2) is 31.7 Å². The van der Waals surface area contributed by atoms with Crippen LogP contribution in [0.4, 0.5) is 0 Å². The summed E-state index contributed by atoms with van der Waals surface area (Å²) >= 11 is 0. The van der Waals surface area contributed by atoms with Crippen LogP contribution in [0.1, 0.15) is 43.1 Å². The van der Waals surface area contributed by atoms with Crippen molar-refractivity contribution in [2.24, 2.45) is 11.1 Å². The quantitative estimate of drug-likeness (QED) is 0.861. The third kappa shape index (κ3) is 3.64. The fourth-order valence-corrected chi connectivity index (χ4v) is 4.13. The Kier molecular flexibility index (Phi) is 4.69. The Bertz CT molecular complexity index is 759. The molecule has 0 saturated carbocycles. The standard InChI is InChI=1S/C17H24N2O3S/c1-12-5-6-14(11-15(12)16(18)20)23(21,22)19-9-7-13(8-10-19)17(2,3)4/h5-7,11H,8-10H2,1-4H3,(H2,18,20). The summed E-state index contributed by atoms with van der Waals surface area (Å²) in [6.07, 6.45) is 2.71. The minimum absolute atomic E-state index is 0.0544. The molecular weight excluding hydrogens is 312 g/mol. The van der Waals surface area contributed by atoms with Gasteiger partial charge in [0, 0.05) is 18.7 Å². The van der Waals surface area contributed by atoms with Gasteiger partial charge in [-0.15, -0.1) is 0 Å². The summed E-state index contributed by atoms with van der Waals surface area (Å²) in [4.78, 5) is 11.6. The molecule has 0 aromatic heterocycles. The predicted molar refractivity (Wildman–Crippen MR) is 90.6 cm³/mol. The summed E-state index contributed by atoms with van der Waals surface area (Å²) in [5.41, 5.74) is 7.55. The van der Waals surface area contributed by atoms with Gasteiger partial charge in [-0.3, -0.25) is 4.79 Å². The molecule has 1 aliphatic heterocycles. The van der Waals surface area contributed by atoms with E-state index < -0.39 is 15.9 Å². The third-order valence-electron chi connectivity index (χ3n) is 4.25. The molecule has 0 bridgehead atoms. The van der Waals surface area contributed by atoms with Gasteiger partial charge in [-0.2, -0.15) is 4.31 Å². The number of benzene rings is 1. The number of carbonyl (C=O) groups is 1. The highest BCUT2D eigenvalue weighted by Gasteiger charge is 2.29. The van der Waals surface area contributed by atoms with Crippen molar-refractivity contribution in [1.29, 1.82) is 0 Å². The summed E-state index contributed by atoms with van der Waals surface area (Å²) < 4.78 is 27.0. The maximum atomic E-state index is 12.8. The molecular formula is C17H24N2O3S. The van der Waals surface area contributed by atoms with Crippen molar-refractivity contribution in [2.45, 2.75) is 39.0 Å². The van der Waals surface area contributed by atoms with Gasteiger partial charge in [-0.05, 0) is 36.5 Å². The fraction of sp³-hybridized carbons (Fsp3) is 0.471. The van der Waals surface area contributed by atoms with Crippen molar-refractivity contribution in [3.05, 3.63) is 41.0 Å². The van der Waals surface area contributed by atoms with E-state index in [4.69, 9.17) is 5.73 Å². The zero-order valence-corrected chi connectivity index (χ0v) is 14.9. The SMILES string of the molecule is Cc1ccc(S(=O)(=O)N2CC=C(C(C)(C)C)CC2)cc1C(N)=O. The van der Waals surface area contributed by atoms with E-state index in [9.17, 15) is 13.2 Å². The lowest BCUT2D eigenvalue weighted by Gasteiger charge is -2.31. The number of hydrogen-bond donors (Lipinski definition) is 1. The third-order valence-corrected chi connectivity index (χ3v) is 6.11. The molecule has 1 aliphatic rings. The molecule has 0 saturated heterocycles. The van der Waals surface area contributed by atoms with Gasteiger partial charge in [0.25, 0.3) is 0 Å². The van der Waals surface area contributed by atoms with Gasteiger partial charge in [0.15, 0.2) is 0 Å². The Morgan fingerprint density at radius 1 is 1.26 bits per heavy atom. The van der Waals surface area contributed by atoms with Gasteiger partial charge < -0.3 is 5.73 Å². The lowest BCUT2D eigenvalue weighted by molar-refractivity contribution is 0.0999. The van der Waals surface area contributed by atoms with Crippen molar-refractivity contribution in [3.63, 3.8) is 0 Å². The van der Waals surface area contributed by atoms with E-state index in [1.165, 1.54) is 22.0 Å². The van der Waals surface area contributed by atoms with Crippen molar-refractivity contribution in [1.82, 2.24) is 4.31 Å². The average molecular weight is 336 g/mol. The van der Waals surface area contributed by atoms with Crippen molar-refractivity contribution < 1.29 is 13.2 Å². The number of nitrogens with two attached hydrogens (primary N) is 1. The first-order valence-electron chi connectivity index (χ1n) is 7.63. The molecule has 0 atom stereocenters. The Labute approximate surface area is 138 Å². The fourth-order valence-electron chi connectivity index (χ4n) is 2.73. The first-order chi connectivity index (χ1) is 10.5. The normalized spacial score (nSPS) is 17.0. The Morgan fingerprint density at radius 3 is 2.39 bits per heavy atom. The largest absolute Gasteiger partial charge is 0.366 e. The average Bonchev–Trinajstić information content (AvgIpc) is 2.46. The van der Waals surface area contributed by atoms with Gasteiger partial charge in [0.05, 0.1) is 4.90 Å². The molecule has 1 aromatic rings. The van der Waals surface area contributed by atoms with E-state index in [2.05, 4.69) is 20.8 Å². The number of rotatable bonds is 3. The number of amides is 1. The number of primary amides is 1. The van der Waals surface area contributed by atoms with Gasteiger partial charge in [-0.1, -0.05) is 38.5 Å². The number of aryl methyl sites for hydroxylation is 1. The topological polar surface area (TPSA) is 80.5 Å². The van der Waals surface area contributed by atoms with Crippen LogP contribution in [0.25, 0.3) is 0 Å². The van der Waals surface area contributed by atoms with Crippen LogP contribution in [0.15, 0.2) is 34.7 Å². The molecule has 2 rings (SSSR count). The minimum Gasteiger partial charge on any atom is -0.366 e. The maximum absolute atomic E-state index is 12.8. The number of sulfonamides is 1. The first-order valence-corrected chi connectivity index (χ1v) is 9.07. The second-order valence-corrected chi connectivity index (χ2v) is 8.87. The molecule has 0 aliphatic carbocycles. The Balaban J connectivity index is 2.32. The molecule has 126 valence electrons. The lowest BCUT2D eigenvalue weighted by atomic mass is 9.83. The van der Waals surface area contributed by atoms with Gasteiger partial charge >= 0.3 is 0 Å². The lowest BCUT2D eigenvalue weighted by Crippen LogP contribution is -2.36. The van der Waals surface area contributed by atoms with E-state index in [1.807, 2.05) is 6.08 Å². The molecule has 5 nitrogen and oxygen atoms in total. The zero-order chi connectivity index (χ0) is 17.4. The van der Waals surface area contributed by atoms with Crippen LogP contribution >= 0.6 is 0 Å². The second kappa shape index (κ2) is 6.09. The van der Waals surface area contributed by atoms with E-state index in [0.717, 1.165) is 6.42 Å². The molecule has 0 spiro atoms. The monoisotopic (exact) mass is 336 g/mol. The highest BCUT2D eigenvalue weighted by Crippen LogP contribution is 2.31. The Morgan fingerprint density at radius 2 is 1.91 bits per heavy atom. The molecule has 0 fully saturated rings. The molecule has 1 amide bonds. The van der Waals surface area contributed by atoms with Crippen LogP contribution < -0.4 is 5.73 Å². The van der Waals surface area contributed by atoms with Crippen molar-refractivity contribution in [2.75, 3.05) is 13.1 Å². The van der Waals surface area contributed by atoms with Crippen molar-refractivity contribution in [3.8, 4) is 0 Å². The molecule has 23 heavy (non-hydrogen) atoms. The number of hydrogen-bond acceptors (Lipinski definition) is 3. The van der Waals surface area contributed by atoms with Gasteiger partial charge in [0.2, 0.25) is 15.9 Å². The maximum Gasteiger partial charge on any atom is 0.249 e. The van der Waals surface area contributed by atoms with Crippen molar-refractivity contribution >= 4 is 15.9 Å². The molecule has 0 radical (unpaired) electrons. The van der Waals surface area contributed by atoms with Crippen LogP contribution in [0.2, 0.25) is 0 Å². The summed E-state index contributed by atoms with van der Waals surface area (Å²) in [5.74, 6) is -0.617. The van der Waals surface area contributed by atoms with Gasteiger partial charge in [0.1, 0.15) is 0 Å². The highest BCUT2D eigenvalue weighted by molar-refractivity contribution is 7.89. The molecule has 2 N–H and O–H groups in total. The van der Waals surface area contributed by atoms with Crippen LogP contribution in [-0.2, 0) is 10.0 Å². The molecule has 1 heterocycles. The van der Waals surface area contributed by atoms with Gasteiger partial charge in [-0.25, -0.2) is 8.42 Å². The van der Waals surface area contributed by atoms with Crippen LogP contribution in [0, 0.1) is 12.3 Å². The van der Waals surface area contributed by atoms with Crippen LogP contribution in [0.3, 0.4) is 0 Å². The summed E-state index contributed by atoms with van der Waals surface area (Å²) in [6, 6.07) is 4.52. The number of nitrogens with zero attached hydrogens (tertiary/aromatic N) is 1. The molecule has 6 heteroatoms. The summed E-state index contributed by atoms with van der Waals surface area (Å²) in [7, 11) is -3.62. The first kappa shape index (κ1) is 17.7. The van der Waals surface area contributed by atoms with E-state index in [-0.39, 0.29) is 15.9 Å². The van der Waals surface area contributed by atoms with E-state index in [1.54, 1.807) is 13.0 Å². The van der Waals surface area contributed by atoms with Crippen LogP contribution in [0.5, 0.6) is 0 Å². The summed E-state index contributed by atoms with van der Waals surface area (Å²) in [5, 5.41) is 0. The van der Waals surface area contributed by atoms with E-state index in [0.29, 0.717) is 18.7 Å². The highest BCUT2D eigenvalue weighted by atomic mass is 32.2. The predicted octanol–water partition coefficient (Wildman–Crippen LogP) is 2.46. The smallest absolute Gasteiger partial charge is 0.249 e. The molecule has 0 unspecified atom stereocenters. The zero-order valence-electron chi connectivity index (χ0n) is 14.1. The summed E-state index contributed by atoms with van der Waals surface area (Å²) in [6.45, 7) is 8.92. The number of carbonyl (C=O) groups excluding carboxylic acids is 1. The second-order valence-electron chi connectivity index (χ2n) is 6.93. The molecule has 1 aromatic carbocycles. The minimum atomic E-state index is -3.62. The Hall–Kier alpha value is -1.66.